The minimum Gasteiger partial charge on any atom is -0.331 e. The quantitative estimate of drug-likeness (QED) is 0.645. The first-order valence-corrected chi connectivity index (χ1v) is 10.1. The third kappa shape index (κ3) is 3.16. The summed E-state index contributed by atoms with van der Waals surface area (Å²) in [5, 5.41) is 5.53. The Morgan fingerprint density at radius 2 is 2.00 bits per heavy atom. The van der Waals surface area contributed by atoms with Crippen molar-refractivity contribution in [1.82, 2.24) is 14.7 Å². The summed E-state index contributed by atoms with van der Waals surface area (Å²) >= 11 is 1.55. The molecule has 1 saturated carbocycles. The number of benzene rings is 1. The number of aryl methyl sites for hydroxylation is 2. The van der Waals surface area contributed by atoms with E-state index in [-0.39, 0.29) is 5.91 Å². The predicted molar refractivity (Wildman–Crippen MR) is 107 cm³/mol. The summed E-state index contributed by atoms with van der Waals surface area (Å²) in [7, 11) is 1.94. The van der Waals surface area contributed by atoms with Crippen molar-refractivity contribution in [2.45, 2.75) is 52.1 Å². The maximum absolute atomic E-state index is 13.2. The summed E-state index contributed by atoms with van der Waals surface area (Å²) in [5.41, 5.74) is 3.53. The SMILES string of the molecule is Cc1nn(C)c2sc(C(=O)N(Cc3ccc(C(C)C)cc3)C3CC3)cc12. The third-order valence-electron chi connectivity index (χ3n) is 5.15. The highest BCUT2D eigenvalue weighted by molar-refractivity contribution is 7.20. The highest BCUT2D eigenvalue weighted by atomic mass is 32.1. The van der Waals surface area contributed by atoms with Crippen LogP contribution in [0.15, 0.2) is 30.3 Å². The van der Waals surface area contributed by atoms with Gasteiger partial charge in [-0.15, -0.1) is 11.3 Å². The second-order valence-electron chi connectivity index (χ2n) is 7.60. The van der Waals surface area contributed by atoms with Crippen molar-refractivity contribution in [3.8, 4) is 0 Å². The summed E-state index contributed by atoms with van der Waals surface area (Å²) in [6.45, 7) is 7.09. The number of fused-ring (bicyclic) bond motifs is 1. The number of hydrogen-bond donors (Lipinski definition) is 0. The second kappa shape index (κ2) is 6.54. The average Bonchev–Trinajstić information content (AvgIpc) is 3.29. The van der Waals surface area contributed by atoms with E-state index in [1.165, 1.54) is 11.1 Å². The predicted octanol–water partition coefficient (Wildman–Crippen LogP) is 4.87. The molecule has 0 bridgehead atoms. The van der Waals surface area contributed by atoms with Gasteiger partial charge in [0, 0.05) is 25.0 Å². The van der Waals surface area contributed by atoms with Crippen LogP contribution in [0.3, 0.4) is 0 Å². The zero-order valence-corrected chi connectivity index (χ0v) is 16.6. The van der Waals surface area contributed by atoms with Crippen LogP contribution in [-0.4, -0.2) is 26.6 Å². The summed E-state index contributed by atoms with van der Waals surface area (Å²) in [5.74, 6) is 0.682. The van der Waals surface area contributed by atoms with E-state index in [1.54, 1.807) is 11.3 Å². The molecule has 0 atom stereocenters. The Hall–Kier alpha value is -2.14. The van der Waals surface area contributed by atoms with Crippen molar-refractivity contribution in [2.24, 2.45) is 7.05 Å². The van der Waals surface area contributed by atoms with Gasteiger partial charge in [-0.1, -0.05) is 38.1 Å². The first-order valence-electron chi connectivity index (χ1n) is 9.27. The zero-order chi connectivity index (χ0) is 18.4. The van der Waals surface area contributed by atoms with E-state index in [2.05, 4.69) is 48.1 Å². The lowest BCUT2D eigenvalue weighted by Gasteiger charge is -2.22. The van der Waals surface area contributed by atoms with Gasteiger partial charge in [0.1, 0.15) is 4.83 Å². The first kappa shape index (κ1) is 17.3. The molecule has 26 heavy (non-hydrogen) atoms. The van der Waals surface area contributed by atoms with Crippen LogP contribution in [0, 0.1) is 6.92 Å². The molecular weight excluding hydrogens is 342 g/mol. The van der Waals surface area contributed by atoms with Gasteiger partial charge in [-0.25, -0.2) is 0 Å². The van der Waals surface area contributed by atoms with Gasteiger partial charge in [0.25, 0.3) is 5.91 Å². The highest BCUT2D eigenvalue weighted by Gasteiger charge is 2.34. The number of rotatable bonds is 5. The lowest BCUT2D eigenvalue weighted by Crippen LogP contribution is -2.32. The largest absolute Gasteiger partial charge is 0.331 e. The number of thiophene rings is 1. The van der Waals surface area contributed by atoms with Crippen LogP contribution >= 0.6 is 11.3 Å². The molecule has 2 heterocycles. The van der Waals surface area contributed by atoms with E-state index >= 15 is 0 Å². The molecule has 4 nitrogen and oxygen atoms in total. The fourth-order valence-electron chi connectivity index (χ4n) is 3.41. The maximum Gasteiger partial charge on any atom is 0.264 e. The smallest absolute Gasteiger partial charge is 0.264 e. The van der Waals surface area contributed by atoms with E-state index in [0.29, 0.717) is 18.5 Å². The number of carbonyl (C=O) groups excluding carboxylic acids is 1. The fourth-order valence-corrected chi connectivity index (χ4v) is 4.49. The van der Waals surface area contributed by atoms with Gasteiger partial charge in [0.05, 0.1) is 10.6 Å². The zero-order valence-electron chi connectivity index (χ0n) is 15.8. The molecule has 3 aromatic rings. The molecule has 1 fully saturated rings. The monoisotopic (exact) mass is 367 g/mol. The number of nitrogens with zero attached hydrogens (tertiary/aromatic N) is 3. The van der Waals surface area contributed by atoms with Crippen molar-refractivity contribution in [3.05, 3.63) is 52.0 Å². The molecule has 0 unspecified atom stereocenters. The third-order valence-corrected chi connectivity index (χ3v) is 6.34. The Kier molecular flexibility index (Phi) is 4.35. The Bertz CT molecular complexity index is 913. The van der Waals surface area contributed by atoms with Crippen molar-refractivity contribution < 1.29 is 4.79 Å². The van der Waals surface area contributed by atoms with E-state index in [1.807, 2.05) is 24.7 Å². The standard InChI is InChI=1S/C21H25N3OS/c1-13(2)16-7-5-15(6-8-16)12-24(17-9-10-17)20(25)19-11-18-14(3)22-23(4)21(18)26-19/h5-8,11,13,17H,9-10,12H2,1-4H3. The van der Waals surface area contributed by atoms with Crippen molar-refractivity contribution >= 4 is 27.5 Å². The van der Waals surface area contributed by atoms with E-state index in [4.69, 9.17) is 0 Å². The molecular formula is C21H25N3OS. The lowest BCUT2D eigenvalue weighted by atomic mass is 10.0. The molecule has 0 saturated heterocycles. The average molecular weight is 368 g/mol. The fraction of sp³-hybridized carbons (Fsp3) is 0.429. The molecule has 0 N–H and O–H groups in total. The number of carbonyl (C=O) groups is 1. The highest BCUT2D eigenvalue weighted by Crippen LogP contribution is 2.34. The van der Waals surface area contributed by atoms with Crippen LogP contribution in [0.1, 0.15) is 59.1 Å². The van der Waals surface area contributed by atoms with E-state index in [0.717, 1.165) is 33.6 Å². The molecule has 0 spiro atoms. The van der Waals surface area contributed by atoms with Crippen molar-refractivity contribution in [2.75, 3.05) is 0 Å². The van der Waals surface area contributed by atoms with Crippen molar-refractivity contribution in [1.29, 1.82) is 0 Å². The van der Waals surface area contributed by atoms with Crippen LogP contribution in [-0.2, 0) is 13.6 Å². The number of aromatic nitrogens is 2. The van der Waals surface area contributed by atoms with Crippen molar-refractivity contribution in [3.63, 3.8) is 0 Å². The topological polar surface area (TPSA) is 38.1 Å². The molecule has 0 aliphatic heterocycles. The normalized spacial score (nSPS) is 14.3. The number of amides is 1. The molecule has 1 aliphatic rings. The molecule has 136 valence electrons. The van der Waals surface area contributed by atoms with Gasteiger partial charge in [0.2, 0.25) is 0 Å². The van der Waals surface area contributed by atoms with Gasteiger partial charge in [-0.2, -0.15) is 5.10 Å². The summed E-state index contributed by atoms with van der Waals surface area (Å²) in [6.07, 6.45) is 2.22. The Morgan fingerprint density at radius 1 is 1.31 bits per heavy atom. The molecule has 2 aromatic heterocycles. The lowest BCUT2D eigenvalue weighted by molar-refractivity contribution is 0.0735. The van der Waals surface area contributed by atoms with Crippen LogP contribution in [0.2, 0.25) is 0 Å². The van der Waals surface area contributed by atoms with Crippen LogP contribution < -0.4 is 0 Å². The molecule has 0 radical (unpaired) electrons. The van der Waals surface area contributed by atoms with Gasteiger partial charge in [-0.3, -0.25) is 9.48 Å². The summed E-state index contributed by atoms with van der Waals surface area (Å²) < 4.78 is 1.87. The molecule has 1 aliphatic carbocycles. The molecule has 1 amide bonds. The molecule has 4 rings (SSSR count). The second-order valence-corrected chi connectivity index (χ2v) is 8.63. The minimum atomic E-state index is 0.154. The van der Waals surface area contributed by atoms with Crippen LogP contribution in [0.4, 0.5) is 0 Å². The summed E-state index contributed by atoms with van der Waals surface area (Å²) in [6, 6.07) is 11.1. The van der Waals surface area contributed by atoms with E-state index in [9.17, 15) is 4.79 Å². The summed E-state index contributed by atoms with van der Waals surface area (Å²) in [4.78, 5) is 17.1. The molecule has 5 heteroatoms. The van der Waals surface area contributed by atoms with E-state index < -0.39 is 0 Å². The first-order chi connectivity index (χ1) is 12.4. The van der Waals surface area contributed by atoms with Gasteiger partial charge in [-0.05, 0) is 42.9 Å². The van der Waals surface area contributed by atoms with Gasteiger partial charge < -0.3 is 4.90 Å². The minimum absolute atomic E-state index is 0.154. The van der Waals surface area contributed by atoms with Gasteiger partial charge in [0.15, 0.2) is 0 Å². The van der Waals surface area contributed by atoms with Crippen LogP contribution in [0.5, 0.6) is 0 Å². The van der Waals surface area contributed by atoms with Gasteiger partial charge >= 0.3 is 0 Å². The molecule has 1 aromatic carbocycles. The van der Waals surface area contributed by atoms with Crippen LogP contribution in [0.25, 0.3) is 10.2 Å². The maximum atomic E-state index is 13.2. The number of hydrogen-bond acceptors (Lipinski definition) is 3. The Labute approximate surface area is 158 Å². The Morgan fingerprint density at radius 3 is 2.58 bits per heavy atom. The Balaban J connectivity index is 1.59.